The Hall–Kier alpha value is -1.23. The lowest BCUT2D eigenvalue weighted by Crippen LogP contribution is -2.33. The van der Waals surface area contributed by atoms with Gasteiger partial charge in [-0.25, -0.2) is 13.1 Å². The maximum Gasteiger partial charge on any atom is 0.242 e. The summed E-state index contributed by atoms with van der Waals surface area (Å²) in [5, 5.41) is 8.75. The third-order valence-electron chi connectivity index (χ3n) is 2.68. The molecular formula is C13H19N3O2S2. The molecule has 0 spiro atoms. The Bertz CT molecular complexity index is 594. The molecule has 1 aromatic carbocycles. The number of thioether (sulfide) groups is 1. The molecule has 7 heteroatoms. The number of nitrogens with two attached hydrogens (primary N) is 1. The number of sulfonamides is 1. The SMILES string of the molecule is CCSCCC(C)NS(=O)(=O)c1ccc(C#N)cc1N. The largest absolute Gasteiger partial charge is 0.398 e. The monoisotopic (exact) mass is 313 g/mol. The van der Waals surface area contributed by atoms with Gasteiger partial charge in [0.15, 0.2) is 0 Å². The zero-order valence-corrected chi connectivity index (χ0v) is 13.2. The van der Waals surface area contributed by atoms with Crippen LogP contribution in [0, 0.1) is 11.3 Å². The molecule has 1 rings (SSSR count). The van der Waals surface area contributed by atoms with Crippen molar-refractivity contribution < 1.29 is 8.42 Å². The number of nitriles is 1. The van der Waals surface area contributed by atoms with Crippen LogP contribution in [0.2, 0.25) is 0 Å². The molecule has 0 aliphatic rings. The number of nitrogens with zero attached hydrogens (tertiary/aromatic N) is 1. The van der Waals surface area contributed by atoms with Gasteiger partial charge in [-0.1, -0.05) is 6.92 Å². The van der Waals surface area contributed by atoms with E-state index in [2.05, 4.69) is 11.6 Å². The van der Waals surface area contributed by atoms with Gasteiger partial charge in [-0.2, -0.15) is 17.0 Å². The minimum atomic E-state index is -3.65. The molecule has 5 nitrogen and oxygen atoms in total. The molecule has 0 aliphatic carbocycles. The number of rotatable bonds is 7. The maximum absolute atomic E-state index is 12.2. The Balaban J connectivity index is 2.81. The van der Waals surface area contributed by atoms with Gasteiger partial charge in [-0.15, -0.1) is 0 Å². The first-order chi connectivity index (χ1) is 9.40. The lowest BCUT2D eigenvalue weighted by Gasteiger charge is -2.15. The molecule has 0 fully saturated rings. The second-order valence-corrected chi connectivity index (χ2v) is 7.45. The van der Waals surface area contributed by atoms with E-state index in [1.807, 2.05) is 13.0 Å². The number of nitrogen functional groups attached to an aromatic ring is 1. The van der Waals surface area contributed by atoms with E-state index >= 15 is 0 Å². The number of hydrogen-bond donors (Lipinski definition) is 2. The summed E-state index contributed by atoms with van der Waals surface area (Å²) >= 11 is 1.77. The van der Waals surface area contributed by atoms with Crippen molar-refractivity contribution >= 4 is 27.5 Å². The molecule has 1 aromatic rings. The average molecular weight is 313 g/mol. The predicted molar refractivity (Wildman–Crippen MR) is 83.0 cm³/mol. The van der Waals surface area contributed by atoms with Crippen LogP contribution in [-0.2, 0) is 10.0 Å². The highest BCUT2D eigenvalue weighted by atomic mass is 32.2. The topological polar surface area (TPSA) is 96.0 Å². The van der Waals surface area contributed by atoms with Crippen LogP contribution in [0.3, 0.4) is 0 Å². The van der Waals surface area contributed by atoms with Crippen molar-refractivity contribution in [2.24, 2.45) is 0 Å². The third-order valence-corrected chi connectivity index (χ3v) is 5.28. The summed E-state index contributed by atoms with van der Waals surface area (Å²) in [7, 11) is -3.65. The van der Waals surface area contributed by atoms with Crippen molar-refractivity contribution in [1.82, 2.24) is 4.72 Å². The molecule has 1 atom stereocenters. The highest BCUT2D eigenvalue weighted by Crippen LogP contribution is 2.20. The van der Waals surface area contributed by atoms with E-state index in [0.29, 0.717) is 5.56 Å². The van der Waals surface area contributed by atoms with Crippen molar-refractivity contribution in [1.29, 1.82) is 5.26 Å². The van der Waals surface area contributed by atoms with Crippen molar-refractivity contribution in [3.05, 3.63) is 23.8 Å². The van der Waals surface area contributed by atoms with Crippen LogP contribution in [0.15, 0.2) is 23.1 Å². The Morgan fingerprint density at radius 2 is 2.20 bits per heavy atom. The predicted octanol–water partition coefficient (Wildman–Crippen LogP) is 1.95. The van der Waals surface area contributed by atoms with E-state index < -0.39 is 10.0 Å². The van der Waals surface area contributed by atoms with E-state index in [0.717, 1.165) is 17.9 Å². The van der Waals surface area contributed by atoms with Crippen LogP contribution < -0.4 is 10.5 Å². The van der Waals surface area contributed by atoms with E-state index in [1.54, 1.807) is 11.8 Å². The van der Waals surface area contributed by atoms with Gasteiger partial charge in [0.25, 0.3) is 0 Å². The van der Waals surface area contributed by atoms with Crippen molar-refractivity contribution in [3.8, 4) is 6.07 Å². The first-order valence-corrected chi connectivity index (χ1v) is 8.94. The number of nitrogens with one attached hydrogen (secondary N) is 1. The fourth-order valence-corrected chi connectivity index (χ4v) is 3.85. The quantitative estimate of drug-likeness (QED) is 0.592. The summed E-state index contributed by atoms with van der Waals surface area (Å²) in [4.78, 5) is 0.0199. The molecule has 0 aliphatic heterocycles. The highest BCUT2D eigenvalue weighted by Gasteiger charge is 2.20. The van der Waals surface area contributed by atoms with Gasteiger partial charge in [0.1, 0.15) is 4.90 Å². The molecule has 0 heterocycles. The molecule has 1 unspecified atom stereocenters. The number of hydrogen-bond acceptors (Lipinski definition) is 5. The Morgan fingerprint density at radius 1 is 1.50 bits per heavy atom. The lowest BCUT2D eigenvalue weighted by atomic mass is 10.2. The second-order valence-electron chi connectivity index (χ2n) is 4.37. The summed E-state index contributed by atoms with van der Waals surface area (Å²) < 4.78 is 27.0. The normalized spacial score (nSPS) is 12.8. The Morgan fingerprint density at radius 3 is 2.75 bits per heavy atom. The molecule has 0 bridgehead atoms. The van der Waals surface area contributed by atoms with Crippen LogP contribution in [0.1, 0.15) is 25.8 Å². The fraction of sp³-hybridized carbons (Fsp3) is 0.462. The molecule has 110 valence electrons. The lowest BCUT2D eigenvalue weighted by molar-refractivity contribution is 0.557. The molecular weight excluding hydrogens is 294 g/mol. The molecule has 0 amide bonds. The first kappa shape index (κ1) is 16.8. The second kappa shape index (κ2) is 7.53. The third kappa shape index (κ3) is 4.71. The first-order valence-electron chi connectivity index (χ1n) is 6.30. The highest BCUT2D eigenvalue weighted by molar-refractivity contribution is 7.99. The smallest absolute Gasteiger partial charge is 0.242 e. The molecule has 0 aromatic heterocycles. The van der Waals surface area contributed by atoms with Gasteiger partial charge in [0.2, 0.25) is 10.0 Å². The average Bonchev–Trinajstić information content (AvgIpc) is 2.37. The van der Waals surface area contributed by atoms with E-state index in [4.69, 9.17) is 11.0 Å². The van der Waals surface area contributed by atoms with Gasteiger partial charge in [-0.05, 0) is 43.0 Å². The van der Waals surface area contributed by atoms with Gasteiger partial charge < -0.3 is 5.73 Å². The van der Waals surface area contributed by atoms with E-state index in [-0.39, 0.29) is 16.6 Å². The Kier molecular flexibility index (Phi) is 6.33. The van der Waals surface area contributed by atoms with Gasteiger partial charge in [0.05, 0.1) is 17.3 Å². The number of anilines is 1. The fourth-order valence-electron chi connectivity index (χ4n) is 1.65. The molecule has 3 N–H and O–H groups in total. The van der Waals surface area contributed by atoms with Crippen LogP contribution in [0.25, 0.3) is 0 Å². The summed E-state index contributed by atoms with van der Waals surface area (Å²) in [5.74, 6) is 1.92. The van der Waals surface area contributed by atoms with Crippen LogP contribution in [0.5, 0.6) is 0 Å². The standard InChI is InChI=1S/C13H19N3O2S2/c1-3-19-7-6-10(2)16-20(17,18)13-5-4-11(9-14)8-12(13)15/h4-5,8,10,16H,3,6-7,15H2,1-2H3. The zero-order valence-electron chi connectivity index (χ0n) is 11.6. The van der Waals surface area contributed by atoms with Crippen molar-refractivity contribution in [2.45, 2.75) is 31.2 Å². The molecule has 0 saturated carbocycles. The van der Waals surface area contributed by atoms with Crippen LogP contribution in [0.4, 0.5) is 5.69 Å². The molecule has 0 saturated heterocycles. The summed E-state index contributed by atoms with van der Waals surface area (Å²) in [5.41, 5.74) is 6.14. The Labute approximate surface area is 124 Å². The summed E-state index contributed by atoms with van der Waals surface area (Å²) in [6.07, 6.45) is 0.758. The molecule has 20 heavy (non-hydrogen) atoms. The van der Waals surface area contributed by atoms with Gasteiger partial charge in [-0.3, -0.25) is 0 Å². The summed E-state index contributed by atoms with van der Waals surface area (Å²) in [6.45, 7) is 3.89. The molecule has 0 radical (unpaired) electrons. The van der Waals surface area contributed by atoms with Gasteiger partial charge in [0, 0.05) is 6.04 Å². The van der Waals surface area contributed by atoms with E-state index in [1.165, 1.54) is 18.2 Å². The summed E-state index contributed by atoms with van der Waals surface area (Å²) in [6, 6.07) is 5.94. The van der Waals surface area contributed by atoms with Crippen LogP contribution in [-0.4, -0.2) is 26.0 Å². The number of benzene rings is 1. The van der Waals surface area contributed by atoms with Crippen molar-refractivity contribution in [2.75, 3.05) is 17.2 Å². The van der Waals surface area contributed by atoms with Crippen molar-refractivity contribution in [3.63, 3.8) is 0 Å². The van der Waals surface area contributed by atoms with E-state index in [9.17, 15) is 8.42 Å². The minimum absolute atomic E-state index is 0.0199. The zero-order chi connectivity index (χ0) is 15.2. The van der Waals surface area contributed by atoms with Gasteiger partial charge >= 0.3 is 0 Å². The van der Waals surface area contributed by atoms with Crippen LogP contribution >= 0.6 is 11.8 Å². The minimum Gasteiger partial charge on any atom is -0.398 e. The maximum atomic E-state index is 12.2.